The number of carbonyl (C=O) groups is 3. The van der Waals surface area contributed by atoms with Gasteiger partial charge in [-0.15, -0.1) is 0 Å². The number of unbranched alkanes of at least 4 members (excludes halogenated alkanes) is 27. The molecule has 0 aliphatic heterocycles. The molecule has 396 valence electrons. The standard InChI is InChI=1S/C63H108O6/c1-4-7-10-13-16-19-22-25-28-31-34-37-40-43-46-49-52-55-61(64)67-58-60(69-63(66)57-54-51-48-45-42-39-36-33-30-27-24-21-18-15-12-9-6-3)59-68-62(65)56-53-50-47-44-41-38-35-32-29-26-23-20-17-14-11-8-5-2/h7,10,16,18-19,21,25,27-28,30,34,37,43,46,60H,4-6,8-9,11-15,17,20,22-24,26,29,31-33,35-36,38-42,44-45,47-59H2,1-3H3/b10-7-,19-16-,21-18-,28-25-,30-27-,37-34-,46-43-/t60-/m1/s1. The lowest BCUT2D eigenvalue weighted by Gasteiger charge is -2.18. The van der Waals surface area contributed by atoms with Gasteiger partial charge in [-0.1, -0.05) is 254 Å². The average Bonchev–Trinajstić information content (AvgIpc) is 3.35. The average molecular weight is 962 g/mol. The van der Waals surface area contributed by atoms with Crippen LogP contribution in [0.15, 0.2) is 85.1 Å². The van der Waals surface area contributed by atoms with E-state index in [1.54, 1.807) is 0 Å². The molecule has 0 amide bonds. The number of allylic oxidation sites excluding steroid dienone is 14. The number of rotatable bonds is 52. The molecule has 0 bridgehead atoms. The number of carbonyl (C=O) groups excluding carboxylic acids is 3. The van der Waals surface area contributed by atoms with E-state index in [1.807, 2.05) is 0 Å². The summed E-state index contributed by atoms with van der Waals surface area (Å²) < 4.78 is 16.8. The highest BCUT2D eigenvalue weighted by molar-refractivity contribution is 5.71. The Labute approximate surface area is 426 Å². The van der Waals surface area contributed by atoms with E-state index >= 15 is 0 Å². The van der Waals surface area contributed by atoms with Gasteiger partial charge in [-0.3, -0.25) is 14.4 Å². The van der Waals surface area contributed by atoms with Gasteiger partial charge in [0.2, 0.25) is 0 Å². The molecule has 0 spiro atoms. The van der Waals surface area contributed by atoms with Crippen molar-refractivity contribution in [2.45, 2.75) is 284 Å². The first-order chi connectivity index (χ1) is 34.0. The van der Waals surface area contributed by atoms with Crippen molar-refractivity contribution in [3.05, 3.63) is 85.1 Å². The van der Waals surface area contributed by atoms with E-state index in [9.17, 15) is 14.4 Å². The molecule has 0 radical (unpaired) electrons. The molecule has 6 nitrogen and oxygen atoms in total. The molecule has 0 heterocycles. The van der Waals surface area contributed by atoms with Crippen molar-refractivity contribution in [2.75, 3.05) is 13.2 Å². The fraction of sp³-hybridized carbons (Fsp3) is 0.730. The van der Waals surface area contributed by atoms with E-state index in [-0.39, 0.29) is 37.5 Å². The molecule has 6 heteroatoms. The minimum atomic E-state index is -0.803. The first-order valence-corrected chi connectivity index (χ1v) is 29.1. The number of ether oxygens (including phenoxy) is 3. The molecule has 0 fully saturated rings. The zero-order chi connectivity index (χ0) is 50.0. The first kappa shape index (κ1) is 65.6. The van der Waals surface area contributed by atoms with Crippen molar-refractivity contribution in [1.82, 2.24) is 0 Å². The smallest absolute Gasteiger partial charge is 0.306 e. The Morgan fingerprint density at radius 2 is 0.580 bits per heavy atom. The first-order valence-electron chi connectivity index (χ1n) is 29.1. The van der Waals surface area contributed by atoms with E-state index < -0.39 is 6.10 Å². The Hall–Kier alpha value is -3.41. The highest BCUT2D eigenvalue weighted by Crippen LogP contribution is 2.16. The molecule has 69 heavy (non-hydrogen) atoms. The Kier molecular flexibility index (Phi) is 54.3. The summed E-state index contributed by atoms with van der Waals surface area (Å²) in [6.07, 6.45) is 74.3. The maximum Gasteiger partial charge on any atom is 0.306 e. The van der Waals surface area contributed by atoms with Gasteiger partial charge in [0.1, 0.15) is 13.2 Å². The molecule has 0 aromatic rings. The van der Waals surface area contributed by atoms with Gasteiger partial charge >= 0.3 is 17.9 Å². The summed E-state index contributed by atoms with van der Waals surface area (Å²) in [5.41, 5.74) is 0. The van der Waals surface area contributed by atoms with Gasteiger partial charge in [-0.2, -0.15) is 0 Å². The zero-order valence-corrected chi connectivity index (χ0v) is 45.3. The lowest BCUT2D eigenvalue weighted by molar-refractivity contribution is -0.167. The van der Waals surface area contributed by atoms with Gasteiger partial charge in [0.25, 0.3) is 0 Å². The molecule has 0 N–H and O–H groups in total. The van der Waals surface area contributed by atoms with Crippen LogP contribution in [0.4, 0.5) is 0 Å². The summed E-state index contributed by atoms with van der Waals surface area (Å²) in [7, 11) is 0. The molecule has 0 aliphatic carbocycles. The van der Waals surface area contributed by atoms with Gasteiger partial charge in [0, 0.05) is 19.3 Å². The van der Waals surface area contributed by atoms with Crippen LogP contribution in [0, 0.1) is 0 Å². The van der Waals surface area contributed by atoms with Crippen molar-refractivity contribution in [2.24, 2.45) is 0 Å². The molecule has 0 aliphatic rings. The molecule has 0 saturated carbocycles. The van der Waals surface area contributed by atoms with E-state index in [2.05, 4.69) is 106 Å². The van der Waals surface area contributed by atoms with Crippen LogP contribution in [0.25, 0.3) is 0 Å². The molecular weight excluding hydrogens is 853 g/mol. The largest absolute Gasteiger partial charge is 0.462 e. The summed E-state index contributed by atoms with van der Waals surface area (Å²) in [6, 6.07) is 0. The predicted molar refractivity (Wildman–Crippen MR) is 297 cm³/mol. The van der Waals surface area contributed by atoms with Gasteiger partial charge in [-0.25, -0.2) is 0 Å². The topological polar surface area (TPSA) is 78.9 Å². The number of esters is 3. The van der Waals surface area contributed by atoms with Crippen molar-refractivity contribution in [3.8, 4) is 0 Å². The monoisotopic (exact) mass is 961 g/mol. The second-order valence-corrected chi connectivity index (χ2v) is 19.2. The Morgan fingerprint density at radius 3 is 0.971 bits per heavy atom. The summed E-state index contributed by atoms with van der Waals surface area (Å²) in [5.74, 6) is -0.956. The third-order valence-corrected chi connectivity index (χ3v) is 12.4. The van der Waals surface area contributed by atoms with Crippen LogP contribution in [0.1, 0.15) is 278 Å². The van der Waals surface area contributed by atoms with Crippen LogP contribution in [0.2, 0.25) is 0 Å². The van der Waals surface area contributed by atoms with Crippen molar-refractivity contribution >= 4 is 17.9 Å². The minimum Gasteiger partial charge on any atom is -0.462 e. The molecule has 0 aromatic heterocycles. The fourth-order valence-electron chi connectivity index (χ4n) is 8.04. The molecule has 0 rings (SSSR count). The molecule has 1 atom stereocenters. The van der Waals surface area contributed by atoms with Gasteiger partial charge < -0.3 is 14.2 Å². The highest BCUT2D eigenvalue weighted by Gasteiger charge is 2.19. The van der Waals surface area contributed by atoms with Crippen LogP contribution in [0.5, 0.6) is 0 Å². The Morgan fingerprint density at radius 1 is 0.304 bits per heavy atom. The quantitative estimate of drug-likeness (QED) is 0.0262. The molecule has 0 saturated heterocycles. The van der Waals surface area contributed by atoms with E-state index in [0.29, 0.717) is 19.3 Å². The lowest BCUT2D eigenvalue weighted by atomic mass is 10.0. The predicted octanol–water partition coefficient (Wildman–Crippen LogP) is 19.5. The van der Waals surface area contributed by atoms with E-state index in [1.165, 1.54) is 141 Å². The van der Waals surface area contributed by atoms with Crippen LogP contribution in [-0.2, 0) is 28.6 Å². The Balaban J connectivity index is 4.46. The second kappa shape index (κ2) is 57.2. The van der Waals surface area contributed by atoms with Crippen LogP contribution < -0.4 is 0 Å². The summed E-state index contributed by atoms with van der Waals surface area (Å²) in [4.78, 5) is 38.2. The highest BCUT2D eigenvalue weighted by atomic mass is 16.6. The summed E-state index contributed by atoms with van der Waals surface area (Å²) in [6.45, 7) is 6.47. The maximum atomic E-state index is 12.9. The SMILES string of the molecule is CC/C=C\C/C=C\C/C=C\C/C=C\C/C=C\CCCC(=O)OC[C@H](COC(=O)CCCCCCCCCCCCCCCCCCC)OC(=O)CCCCCCCCC/C=C\C/C=C\CCCCC. The third kappa shape index (κ3) is 55.4. The minimum absolute atomic E-state index is 0.0955. The summed E-state index contributed by atoms with van der Waals surface area (Å²) in [5, 5.41) is 0. The maximum absolute atomic E-state index is 12.9. The van der Waals surface area contributed by atoms with E-state index in [4.69, 9.17) is 14.2 Å². The normalized spacial score (nSPS) is 12.7. The van der Waals surface area contributed by atoms with Gasteiger partial charge in [0.05, 0.1) is 0 Å². The van der Waals surface area contributed by atoms with Crippen LogP contribution in [0.3, 0.4) is 0 Å². The summed E-state index contributed by atoms with van der Waals surface area (Å²) >= 11 is 0. The van der Waals surface area contributed by atoms with Crippen LogP contribution in [-0.4, -0.2) is 37.2 Å². The van der Waals surface area contributed by atoms with Crippen LogP contribution >= 0.6 is 0 Å². The molecule has 0 aromatic carbocycles. The Bertz CT molecular complexity index is 1330. The zero-order valence-electron chi connectivity index (χ0n) is 45.3. The third-order valence-electron chi connectivity index (χ3n) is 12.4. The van der Waals surface area contributed by atoms with Crippen molar-refractivity contribution < 1.29 is 28.6 Å². The van der Waals surface area contributed by atoms with Gasteiger partial charge in [0.15, 0.2) is 6.10 Å². The fourth-order valence-corrected chi connectivity index (χ4v) is 8.04. The number of hydrogen-bond donors (Lipinski definition) is 0. The number of hydrogen-bond acceptors (Lipinski definition) is 6. The van der Waals surface area contributed by atoms with E-state index in [0.717, 1.165) is 89.9 Å². The van der Waals surface area contributed by atoms with Crippen molar-refractivity contribution in [3.63, 3.8) is 0 Å². The lowest BCUT2D eigenvalue weighted by Crippen LogP contribution is -2.30. The molecular formula is C63H108O6. The molecule has 0 unspecified atom stereocenters. The van der Waals surface area contributed by atoms with Crippen molar-refractivity contribution in [1.29, 1.82) is 0 Å². The second-order valence-electron chi connectivity index (χ2n) is 19.2. The van der Waals surface area contributed by atoms with Gasteiger partial charge in [-0.05, 0) is 89.9 Å².